The van der Waals surface area contributed by atoms with Gasteiger partial charge in [-0.1, -0.05) is 30.3 Å². The Balaban J connectivity index is 1.68. The van der Waals surface area contributed by atoms with E-state index in [9.17, 15) is 4.79 Å². The number of carbonyl (C=O) groups is 1. The number of amides is 1. The van der Waals surface area contributed by atoms with Crippen LogP contribution in [0.4, 0.5) is 5.69 Å². The molecular formula is C17H14N2O2S. The lowest BCUT2D eigenvalue weighted by molar-refractivity contribution is 0.102. The number of benzene rings is 1. The van der Waals surface area contributed by atoms with Gasteiger partial charge in [0.15, 0.2) is 0 Å². The first kappa shape index (κ1) is 14.3. The number of anilines is 1. The van der Waals surface area contributed by atoms with Crippen LogP contribution in [0.1, 0.15) is 15.9 Å². The van der Waals surface area contributed by atoms with Crippen LogP contribution in [0.2, 0.25) is 0 Å². The van der Waals surface area contributed by atoms with Gasteiger partial charge in [-0.15, -0.1) is 11.3 Å². The minimum absolute atomic E-state index is 0.197. The Morgan fingerprint density at radius 3 is 2.77 bits per heavy atom. The first-order valence-corrected chi connectivity index (χ1v) is 7.71. The van der Waals surface area contributed by atoms with E-state index in [1.807, 2.05) is 35.7 Å². The van der Waals surface area contributed by atoms with Gasteiger partial charge < -0.3 is 10.1 Å². The molecular weight excluding hydrogens is 296 g/mol. The third-order valence-corrected chi connectivity index (χ3v) is 3.75. The summed E-state index contributed by atoms with van der Waals surface area (Å²) >= 11 is 1.44. The smallest absolute Gasteiger partial charge is 0.260 e. The number of hydrogen-bond donors (Lipinski definition) is 1. The topological polar surface area (TPSA) is 51.2 Å². The number of pyridine rings is 1. The zero-order valence-electron chi connectivity index (χ0n) is 11.7. The van der Waals surface area contributed by atoms with E-state index in [0.717, 1.165) is 5.56 Å². The van der Waals surface area contributed by atoms with Crippen molar-refractivity contribution in [3.63, 3.8) is 0 Å². The first-order chi connectivity index (χ1) is 10.8. The summed E-state index contributed by atoms with van der Waals surface area (Å²) in [7, 11) is 0. The van der Waals surface area contributed by atoms with Crippen molar-refractivity contribution >= 4 is 22.9 Å². The van der Waals surface area contributed by atoms with Gasteiger partial charge >= 0.3 is 0 Å². The van der Waals surface area contributed by atoms with Crippen molar-refractivity contribution in [2.75, 3.05) is 5.32 Å². The van der Waals surface area contributed by atoms with Crippen LogP contribution in [-0.2, 0) is 6.61 Å². The van der Waals surface area contributed by atoms with Crippen LogP contribution in [0.15, 0.2) is 65.6 Å². The summed E-state index contributed by atoms with van der Waals surface area (Å²) in [5, 5.41) is 6.43. The Bertz CT molecular complexity index is 742. The summed E-state index contributed by atoms with van der Waals surface area (Å²) in [6, 6.07) is 13.4. The molecule has 0 fully saturated rings. The van der Waals surface area contributed by atoms with Gasteiger partial charge in [-0.2, -0.15) is 0 Å². The van der Waals surface area contributed by atoms with E-state index < -0.39 is 0 Å². The minimum atomic E-state index is -0.197. The second-order valence-corrected chi connectivity index (χ2v) is 5.36. The van der Waals surface area contributed by atoms with Crippen molar-refractivity contribution < 1.29 is 9.53 Å². The van der Waals surface area contributed by atoms with Crippen LogP contribution in [-0.4, -0.2) is 10.9 Å². The third-order valence-electron chi connectivity index (χ3n) is 3.03. The monoisotopic (exact) mass is 310 g/mol. The fourth-order valence-corrected chi connectivity index (χ4v) is 2.68. The van der Waals surface area contributed by atoms with E-state index in [1.54, 1.807) is 29.9 Å². The van der Waals surface area contributed by atoms with E-state index in [4.69, 9.17) is 4.74 Å². The molecule has 0 spiro atoms. The van der Waals surface area contributed by atoms with Crippen molar-refractivity contribution in [1.29, 1.82) is 0 Å². The number of aromatic nitrogens is 1. The molecule has 1 amide bonds. The predicted molar refractivity (Wildman–Crippen MR) is 87.3 cm³/mol. The highest BCUT2D eigenvalue weighted by molar-refractivity contribution is 7.08. The quantitative estimate of drug-likeness (QED) is 0.775. The van der Waals surface area contributed by atoms with Crippen LogP contribution in [0.5, 0.6) is 5.75 Å². The van der Waals surface area contributed by atoms with Crippen LogP contribution in [0, 0.1) is 0 Å². The van der Waals surface area contributed by atoms with Gasteiger partial charge in [0.1, 0.15) is 12.4 Å². The zero-order chi connectivity index (χ0) is 15.2. The van der Waals surface area contributed by atoms with Gasteiger partial charge in [-0.3, -0.25) is 9.78 Å². The average molecular weight is 310 g/mol. The molecule has 2 heterocycles. The van der Waals surface area contributed by atoms with Crippen molar-refractivity contribution in [2.45, 2.75) is 6.61 Å². The second kappa shape index (κ2) is 6.87. The molecule has 22 heavy (non-hydrogen) atoms. The van der Waals surface area contributed by atoms with Crippen LogP contribution in [0.25, 0.3) is 0 Å². The van der Waals surface area contributed by atoms with Gasteiger partial charge in [-0.25, -0.2) is 0 Å². The molecule has 110 valence electrons. The molecule has 0 saturated carbocycles. The molecule has 2 aromatic heterocycles. The lowest BCUT2D eigenvalue weighted by Gasteiger charge is -2.08. The minimum Gasteiger partial charge on any atom is -0.487 e. The SMILES string of the molecule is O=C(Nc1cccnc1)c1cscc1OCc1ccccc1. The van der Waals surface area contributed by atoms with Gasteiger partial charge in [0.25, 0.3) is 5.91 Å². The van der Waals surface area contributed by atoms with E-state index in [-0.39, 0.29) is 5.91 Å². The summed E-state index contributed by atoms with van der Waals surface area (Å²) in [5.41, 5.74) is 2.25. The van der Waals surface area contributed by atoms with Gasteiger partial charge in [0, 0.05) is 17.0 Å². The highest BCUT2D eigenvalue weighted by atomic mass is 32.1. The Hall–Kier alpha value is -2.66. The predicted octanol–water partition coefficient (Wildman–Crippen LogP) is 3.97. The Morgan fingerprint density at radius 1 is 1.14 bits per heavy atom. The Labute approximate surface area is 132 Å². The summed E-state index contributed by atoms with van der Waals surface area (Å²) in [5.74, 6) is 0.396. The van der Waals surface area contributed by atoms with E-state index in [0.29, 0.717) is 23.6 Å². The third kappa shape index (κ3) is 3.51. The van der Waals surface area contributed by atoms with E-state index >= 15 is 0 Å². The lowest BCUT2D eigenvalue weighted by Crippen LogP contribution is -2.12. The number of ether oxygens (including phenoxy) is 1. The highest BCUT2D eigenvalue weighted by Gasteiger charge is 2.14. The van der Waals surface area contributed by atoms with E-state index in [2.05, 4.69) is 10.3 Å². The maximum Gasteiger partial charge on any atom is 0.260 e. The highest BCUT2D eigenvalue weighted by Crippen LogP contribution is 2.25. The summed E-state index contributed by atoms with van der Waals surface area (Å²) in [6.45, 7) is 0.435. The lowest BCUT2D eigenvalue weighted by atomic mass is 10.2. The average Bonchev–Trinajstić information content (AvgIpc) is 3.03. The molecule has 3 aromatic rings. The number of nitrogens with one attached hydrogen (secondary N) is 1. The van der Waals surface area contributed by atoms with Crippen LogP contribution in [0.3, 0.4) is 0 Å². The van der Waals surface area contributed by atoms with Crippen LogP contribution < -0.4 is 10.1 Å². The van der Waals surface area contributed by atoms with Crippen molar-refractivity contribution in [2.24, 2.45) is 0 Å². The first-order valence-electron chi connectivity index (χ1n) is 6.77. The van der Waals surface area contributed by atoms with Gasteiger partial charge in [0.05, 0.1) is 17.4 Å². The van der Waals surface area contributed by atoms with Crippen LogP contribution >= 0.6 is 11.3 Å². The maximum absolute atomic E-state index is 12.3. The number of rotatable bonds is 5. The molecule has 4 nitrogen and oxygen atoms in total. The Morgan fingerprint density at radius 2 is 2.00 bits per heavy atom. The fraction of sp³-hybridized carbons (Fsp3) is 0.0588. The molecule has 5 heteroatoms. The molecule has 0 atom stereocenters. The van der Waals surface area contributed by atoms with Gasteiger partial charge in [-0.05, 0) is 17.7 Å². The summed E-state index contributed by atoms with van der Waals surface area (Å²) in [4.78, 5) is 16.3. The molecule has 1 aromatic carbocycles. The molecule has 3 rings (SSSR count). The number of thiophene rings is 1. The largest absolute Gasteiger partial charge is 0.487 e. The van der Waals surface area contributed by atoms with Crippen molar-refractivity contribution in [1.82, 2.24) is 4.98 Å². The normalized spacial score (nSPS) is 10.2. The standard InChI is InChI=1S/C17H14N2O2S/c20-17(19-14-7-4-8-18-9-14)15-11-22-12-16(15)21-10-13-5-2-1-3-6-13/h1-9,11-12H,10H2,(H,19,20). The number of nitrogens with zero attached hydrogens (tertiary/aromatic N) is 1. The number of carbonyl (C=O) groups excluding carboxylic acids is 1. The molecule has 0 unspecified atom stereocenters. The Kier molecular flexibility index (Phi) is 4.46. The molecule has 1 N–H and O–H groups in total. The molecule has 0 radical (unpaired) electrons. The second-order valence-electron chi connectivity index (χ2n) is 4.62. The summed E-state index contributed by atoms with van der Waals surface area (Å²) in [6.07, 6.45) is 3.27. The molecule has 0 aliphatic heterocycles. The zero-order valence-corrected chi connectivity index (χ0v) is 12.5. The maximum atomic E-state index is 12.3. The summed E-state index contributed by atoms with van der Waals surface area (Å²) < 4.78 is 5.76. The molecule has 0 aliphatic rings. The molecule has 0 saturated heterocycles. The van der Waals surface area contributed by atoms with Gasteiger partial charge in [0.2, 0.25) is 0 Å². The number of hydrogen-bond acceptors (Lipinski definition) is 4. The fourth-order valence-electron chi connectivity index (χ4n) is 1.93. The molecule has 0 bridgehead atoms. The van der Waals surface area contributed by atoms with Crippen molar-refractivity contribution in [3.8, 4) is 5.75 Å². The van der Waals surface area contributed by atoms with E-state index in [1.165, 1.54) is 11.3 Å². The van der Waals surface area contributed by atoms with Crippen molar-refractivity contribution in [3.05, 3.63) is 76.7 Å². The molecule has 0 aliphatic carbocycles.